The van der Waals surface area contributed by atoms with Crippen LogP contribution in [0.15, 0.2) is 4.79 Å². The highest BCUT2D eigenvalue weighted by Crippen LogP contribution is 2.19. The van der Waals surface area contributed by atoms with E-state index in [-0.39, 0.29) is 23.2 Å². The third-order valence-electron chi connectivity index (χ3n) is 3.38. The van der Waals surface area contributed by atoms with Gasteiger partial charge in [-0.2, -0.15) is 8.42 Å². The van der Waals surface area contributed by atoms with E-state index in [1.807, 2.05) is 0 Å². The zero-order valence-electron chi connectivity index (χ0n) is 13.0. The summed E-state index contributed by atoms with van der Waals surface area (Å²) >= 11 is 0. The molecule has 0 unspecified atom stereocenters. The van der Waals surface area contributed by atoms with Gasteiger partial charge < -0.3 is 20.4 Å². The van der Waals surface area contributed by atoms with E-state index >= 15 is 0 Å². The summed E-state index contributed by atoms with van der Waals surface area (Å²) < 4.78 is 32.5. The standard InChI is InChI=1S/C13H20N4O5S/c1-8(22-23(2,19)20)11-16-12(10(7-14)13(18)17-11)15-9-3-5-21-6-4-9/h7-9,14H,3-6H2,1-2H3,(H2,15,16,17,18)/t8-/m0/s1. The maximum Gasteiger partial charge on any atom is 0.265 e. The first-order valence-corrected chi connectivity index (χ1v) is 8.99. The summed E-state index contributed by atoms with van der Waals surface area (Å²) in [5.41, 5.74) is -0.435. The molecule has 1 fully saturated rings. The molecule has 2 rings (SSSR count). The summed E-state index contributed by atoms with van der Waals surface area (Å²) in [5, 5.41) is 10.5. The monoisotopic (exact) mass is 344 g/mol. The molecule has 1 aliphatic heterocycles. The highest BCUT2D eigenvalue weighted by molar-refractivity contribution is 7.86. The number of H-pyrrole nitrogens is 1. The Morgan fingerprint density at radius 2 is 2.13 bits per heavy atom. The fraction of sp³-hybridized carbons (Fsp3) is 0.615. The van der Waals surface area contributed by atoms with Crippen LogP contribution in [-0.4, -0.2) is 50.1 Å². The molecule has 128 valence electrons. The van der Waals surface area contributed by atoms with Crippen LogP contribution in [0.3, 0.4) is 0 Å². The third-order valence-corrected chi connectivity index (χ3v) is 4.02. The first-order valence-electron chi connectivity index (χ1n) is 7.17. The van der Waals surface area contributed by atoms with Crippen LogP contribution in [0.5, 0.6) is 0 Å². The molecule has 3 N–H and O–H groups in total. The van der Waals surface area contributed by atoms with Crippen molar-refractivity contribution in [2.75, 3.05) is 24.8 Å². The number of nitrogens with one attached hydrogen (secondary N) is 3. The van der Waals surface area contributed by atoms with Crippen LogP contribution in [-0.2, 0) is 19.0 Å². The van der Waals surface area contributed by atoms with E-state index in [9.17, 15) is 13.2 Å². The molecule has 9 nitrogen and oxygen atoms in total. The molecule has 0 saturated carbocycles. The average Bonchev–Trinajstić information content (AvgIpc) is 2.46. The summed E-state index contributed by atoms with van der Waals surface area (Å²) in [7, 11) is -3.68. The Kier molecular flexibility index (Phi) is 5.50. The van der Waals surface area contributed by atoms with Crippen LogP contribution in [0.25, 0.3) is 0 Å². The quantitative estimate of drug-likeness (QED) is 0.502. The lowest BCUT2D eigenvalue weighted by Gasteiger charge is -2.24. The molecule has 1 aromatic heterocycles. The van der Waals surface area contributed by atoms with Crippen LogP contribution < -0.4 is 10.9 Å². The number of nitrogens with zero attached hydrogens (tertiary/aromatic N) is 1. The summed E-state index contributed by atoms with van der Waals surface area (Å²) in [6.45, 7) is 2.70. The average molecular weight is 344 g/mol. The number of ether oxygens (including phenoxy) is 1. The minimum absolute atomic E-state index is 0.0794. The molecule has 10 heteroatoms. The summed E-state index contributed by atoms with van der Waals surface area (Å²) in [4.78, 5) is 18.8. The molecule has 0 bridgehead atoms. The number of rotatable bonds is 6. The van der Waals surface area contributed by atoms with Crippen molar-refractivity contribution in [2.24, 2.45) is 0 Å². The Bertz CT molecular complexity index is 724. The fourth-order valence-corrected chi connectivity index (χ4v) is 2.89. The number of hydrogen-bond acceptors (Lipinski definition) is 8. The van der Waals surface area contributed by atoms with Crippen molar-refractivity contribution < 1.29 is 17.3 Å². The molecule has 0 aromatic carbocycles. The van der Waals surface area contributed by atoms with Gasteiger partial charge in [-0.3, -0.25) is 8.98 Å². The minimum atomic E-state index is -3.68. The predicted octanol–water partition coefficient (Wildman–Crippen LogP) is 0.396. The number of aromatic nitrogens is 2. The van der Waals surface area contributed by atoms with Crippen LogP contribution in [0, 0.1) is 5.41 Å². The maximum atomic E-state index is 12.1. The molecular weight excluding hydrogens is 324 g/mol. The zero-order chi connectivity index (χ0) is 17.0. The SMILES string of the molecule is C[C@H](OS(C)(=O)=O)c1nc(NC2CCOCC2)c(C=N)c(=O)[nH]1. The van der Waals surface area contributed by atoms with E-state index in [0.29, 0.717) is 13.2 Å². The molecule has 1 aromatic rings. The first kappa shape index (κ1) is 17.6. The molecule has 1 aliphatic rings. The fourth-order valence-electron chi connectivity index (χ4n) is 2.28. The van der Waals surface area contributed by atoms with Gasteiger partial charge in [0, 0.05) is 25.5 Å². The largest absolute Gasteiger partial charge is 0.381 e. The highest BCUT2D eigenvalue weighted by Gasteiger charge is 2.21. The van der Waals surface area contributed by atoms with E-state index in [2.05, 4.69) is 15.3 Å². The van der Waals surface area contributed by atoms with Crippen LogP contribution >= 0.6 is 0 Å². The van der Waals surface area contributed by atoms with Crippen molar-refractivity contribution in [1.29, 1.82) is 5.41 Å². The lowest BCUT2D eigenvalue weighted by Crippen LogP contribution is -2.31. The molecule has 2 heterocycles. The summed E-state index contributed by atoms with van der Waals surface area (Å²) in [6, 6.07) is 0.0794. The number of anilines is 1. The zero-order valence-corrected chi connectivity index (χ0v) is 13.8. The maximum absolute atomic E-state index is 12.1. The van der Waals surface area contributed by atoms with Crippen LogP contribution in [0.1, 0.15) is 37.3 Å². The lowest BCUT2D eigenvalue weighted by atomic mass is 10.1. The normalized spacial score (nSPS) is 17.7. The number of hydrogen-bond donors (Lipinski definition) is 3. The Balaban J connectivity index is 2.31. The van der Waals surface area contributed by atoms with Gasteiger partial charge in [0.25, 0.3) is 15.7 Å². The lowest BCUT2D eigenvalue weighted by molar-refractivity contribution is 0.0903. The molecule has 0 spiro atoms. The van der Waals surface area contributed by atoms with Gasteiger partial charge in [-0.25, -0.2) is 4.98 Å². The molecule has 23 heavy (non-hydrogen) atoms. The third kappa shape index (κ3) is 4.85. The van der Waals surface area contributed by atoms with Crippen molar-refractivity contribution in [2.45, 2.75) is 31.9 Å². The minimum Gasteiger partial charge on any atom is -0.381 e. The van der Waals surface area contributed by atoms with Crippen LogP contribution in [0.4, 0.5) is 5.82 Å². The second-order valence-electron chi connectivity index (χ2n) is 5.33. The van der Waals surface area contributed by atoms with Gasteiger partial charge in [0.1, 0.15) is 17.7 Å². The van der Waals surface area contributed by atoms with Crippen molar-refractivity contribution in [3.8, 4) is 0 Å². The van der Waals surface area contributed by atoms with E-state index in [1.165, 1.54) is 6.92 Å². The van der Waals surface area contributed by atoms with Crippen LogP contribution in [0.2, 0.25) is 0 Å². The Morgan fingerprint density at radius 1 is 1.48 bits per heavy atom. The summed E-state index contributed by atoms with van der Waals surface area (Å²) in [6.07, 6.45) is 2.43. The van der Waals surface area contributed by atoms with Gasteiger partial charge in [-0.15, -0.1) is 0 Å². The summed E-state index contributed by atoms with van der Waals surface area (Å²) in [5.74, 6) is 0.329. The topological polar surface area (TPSA) is 134 Å². The van der Waals surface area contributed by atoms with Gasteiger partial charge in [0.2, 0.25) is 0 Å². The van der Waals surface area contributed by atoms with Gasteiger partial charge in [-0.05, 0) is 19.8 Å². The van der Waals surface area contributed by atoms with E-state index < -0.39 is 21.8 Å². The van der Waals surface area contributed by atoms with Crippen molar-refractivity contribution in [1.82, 2.24) is 9.97 Å². The van der Waals surface area contributed by atoms with Crippen molar-refractivity contribution >= 4 is 22.2 Å². The molecule has 0 radical (unpaired) electrons. The first-order chi connectivity index (χ1) is 10.8. The Morgan fingerprint density at radius 3 is 2.70 bits per heavy atom. The van der Waals surface area contributed by atoms with E-state index in [4.69, 9.17) is 14.3 Å². The van der Waals surface area contributed by atoms with Gasteiger partial charge >= 0.3 is 0 Å². The Labute approximate surface area is 134 Å². The van der Waals surface area contributed by atoms with Gasteiger partial charge in [0.15, 0.2) is 0 Å². The molecule has 1 saturated heterocycles. The van der Waals surface area contributed by atoms with Crippen molar-refractivity contribution in [3.05, 3.63) is 21.7 Å². The van der Waals surface area contributed by atoms with E-state index in [0.717, 1.165) is 25.3 Å². The second kappa shape index (κ2) is 7.20. The molecular formula is C13H20N4O5S. The second-order valence-corrected chi connectivity index (χ2v) is 6.93. The molecule has 0 aliphatic carbocycles. The number of aromatic amines is 1. The van der Waals surface area contributed by atoms with Gasteiger partial charge in [0.05, 0.1) is 11.8 Å². The molecule has 1 atom stereocenters. The van der Waals surface area contributed by atoms with Crippen molar-refractivity contribution in [3.63, 3.8) is 0 Å². The highest BCUT2D eigenvalue weighted by atomic mass is 32.2. The van der Waals surface area contributed by atoms with Gasteiger partial charge in [-0.1, -0.05) is 0 Å². The predicted molar refractivity (Wildman–Crippen MR) is 84.6 cm³/mol. The molecule has 0 amide bonds. The van der Waals surface area contributed by atoms with E-state index in [1.54, 1.807) is 0 Å². The smallest absolute Gasteiger partial charge is 0.265 e. The Hall–Kier alpha value is -1.78.